The maximum absolute atomic E-state index is 3.53. The van der Waals surface area contributed by atoms with Crippen molar-refractivity contribution in [3.63, 3.8) is 0 Å². The molecule has 2 heteroatoms. The molecule has 3 fully saturated rings. The predicted octanol–water partition coefficient (Wildman–Crippen LogP) is 3.56. The highest BCUT2D eigenvalue weighted by atomic mass is 15.2. The molecule has 0 radical (unpaired) electrons. The second-order valence-corrected chi connectivity index (χ2v) is 7.23. The molecule has 110 valence electrons. The largest absolute Gasteiger partial charge is 0.317 e. The molecule has 1 aliphatic carbocycles. The Morgan fingerprint density at radius 2 is 1.58 bits per heavy atom. The number of fused-ring (bicyclic) bond motifs is 2. The Hall–Kier alpha value is -0.0800. The van der Waals surface area contributed by atoms with Crippen molar-refractivity contribution >= 4 is 0 Å². The molecule has 1 N–H and O–H groups in total. The van der Waals surface area contributed by atoms with Crippen molar-refractivity contribution in [3.05, 3.63) is 0 Å². The van der Waals surface area contributed by atoms with Gasteiger partial charge in [0.25, 0.3) is 0 Å². The molecule has 2 unspecified atom stereocenters. The van der Waals surface area contributed by atoms with E-state index in [9.17, 15) is 0 Å². The zero-order valence-corrected chi connectivity index (χ0v) is 12.7. The van der Waals surface area contributed by atoms with Crippen LogP contribution >= 0.6 is 0 Å². The van der Waals surface area contributed by atoms with Crippen LogP contribution in [-0.4, -0.2) is 36.6 Å². The summed E-state index contributed by atoms with van der Waals surface area (Å²) in [7, 11) is 2.15. The summed E-state index contributed by atoms with van der Waals surface area (Å²) in [4.78, 5) is 2.91. The van der Waals surface area contributed by atoms with E-state index in [1.165, 1.54) is 77.2 Å². The molecule has 3 aliphatic rings. The first-order chi connectivity index (χ1) is 9.36. The molecule has 2 aliphatic heterocycles. The minimum absolute atomic E-state index is 0.793. The van der Waals surface area contributed by atoms with E-state index >= 15 is 0 Å². The third-order valence-electron chi connectivity index (χ3n) is 6.05. The monoisotopic (exact) mass is 264 g/mol. The smallest absolute Gasteiger partial charge is 0.0113 e. The predicted molar refractivity (Wildman–Crippen MR) is 81.4 cm³/mol. The molecule has 1 saturated carbocycles. The lowest BCUT2D eigenvalue weighted by Crippen LogP contribution is -2.56. The minimum atomic E-state index is 0.793. The van der Waals surface area contributed by atoms with Crippen LogP contribution in [0.15, 0.2) is 0 Å². The standard InChI is InChI=1S/C17H32N2/c1-18-15-12-16-8-5-9-17(13-15)19(16)11-10-14-6-3-2-4-7-14/h14-18H,2-13H2,1H3. The van der Waals surface area contributed by atoms with Crippen LogP contribution in [0, 0.1) is 5.92 Å². The van der Waals surface area contributed by atoms with Crippen molar-refractivity contribution in [2.75, 3.05) is 13.6 Å². The normalized spacial score (nSPS) is 37.4. The van der Waals surface area contributed by atoms with E-state index in [2.05, 4.69) is 17.3 Å². The lowest BCUT2D eigenvalue weighted by Gasteiger charge is -2.49. The Kier molecular flexibility index (Phi) is 4.81. The second kappa shape index (κ2) is 6.58. The van der Waals surface area contributed by atoms with Crippen LogP contribution in [0.2, 0.25) is 0 Å². The fourth-order valence-corrected chi connectivity index (χ4v) is 4.89. The van der Waals surface area contributed by atoms with Crippen LogP contribution in [0.5, 0.6) is 0 Å². The molecular weight excluding hydrogens is 232 g/mol. The maximum Gasteiger partial charge on any atom is 0.0113 e. The van der Waals surface area contributed by atoms with Crippen LogP contribution in [0.4, 0.5) is 0 Å². The van der Waals surface area contributed by atoms with Gasteiger partial charge in [-0.15, -0.1) is 0 Å². The van der Waals surface area contributed by atoms with E-state index in [1.54, 1.807) is 0 Å². The zero-order valence-electron chi connectivity index (χ0n) is 12.7. The van der Waals surface area contributed by atoms with Crippen molar-refractivity contribution in [1.82, 2.24) is 10.2 Å². The molecular formula is C17H32N2. The van der Waals surface area contributed by atoms with Gasteiger partial charge in [-0.3, -0.25) is 4.90 Å². The Morgan fingerprint density at radius 3 is 2.21 bits per heavy atom. The highest BCUT2D eigenvalue weighted by Crippen LogP contribution is 2.35. The summed E-state index contributed by atoms with van der Waals surface area (Å²) in [6.45, 7) is 1.40. The molecule has 0 amide bonds. The van der Waals surface area contributed by atoms with Crippen molar-refractivity contribution in [2.45, 2.75) is 88.8 Å². The topological polar surface area (TPSA) is 15.3 Å². The van der Waals surface area contributed by atoms with Crippen molar-refractivity contribution in [2.24, 2.45) is 5.92 Å². The summed E-state index contributed by atoms with van der Waals surface area (Å²) in [6.07, 6.45) is 16.2. The first-order valence-corrected chi connectivity index (χ1v) is 8.80. The number of hydrogen-bond acceptors (Lipinski definition) is 2. The third kappa shape index (κ3) is 3.33. The van der Waals surface area contributed by atoms with Gasteiger partial charge in [-0.1, -0.05) is 38.5 Å². The molecule has 3 rings (SSSR count). The van der Waals surface area contributed by atoms with E-state index in [0.717, 1.165) is 24.0 Å². The van der Waals surface area contributed by atoms with Crippen LogP contribution in [0.1, 0.15) is 70.6 Å². The van der Waals surface area contributed by atoms with E-state index in [0.29, 0.717) is 0 Å². The Bertz CT molecular complexity index is 258. The molecule has 0 spiro atoms. The highest BCUT2D eigenvalue weighted by Gasteiger charge is 2.37. The molecule has 2 nitrogen and oxygen atoms in total. The maximum atomic E-state index is 3.53. The fourth-order valence-electron chi connectivity index (χ4n) is 4.89. The van der Waals surface area contributed by atoms with Crippen molar-refractivity contribution in [1.29, 1.82) is 0 Å². The summed E-state index contributed by atoms with van der Waals surface area (Å²) < 4.78 is 0. The molecule has 2 atom stereocenters. The van der Waals surface area contributed by atoms with Gasteiger partial charge in [-0.2, -0.15) is 0 Å². The van der Waals surface area contributed by atoms with Gasteiger partial charge >= 0.3 is 0 Å². The van der Waals surface area contributed by atoms with Gasteiger partial charge in [0.15, 0.2) is 0 Å². The van der Waals surface area contributed by atoms with Gasteiger partial charge in [0.05, 0.1) is 0 Å². The van der Waals surface area contributed by atoms with E-state index in [-0.39, 0.29) is 0 Å². The van der Waals surface area contributed by atoms with Crippen LogP contribution in [0.3, 0.4) is 0 Å². The summed E-state index contributed by atoms with van der Waals surface area (Å²) >= 11 is 0. The van der Waals surface area contributed by atoms with Gasteiger partial charge in [0.2, 0.25) is 0 Å². The molecule has 19 heavy (non-hydrogen) atoms. The zero-order chi connectivity index (χ0) is 13.1. The number of piperidine rings is 2. The van der Waals surface area contributed by atoms with Gasteiger partial charge < -0.3 is 5.32 Å². The summed E-state index contributed by atoms with van der Waals surface area (Å²) in [6, 6.07) is 2.59. The van der Waals surface area contributed by atoms with Crippen molar-refractivity contribution < 1.29 is 0 Å². The number of hydrogen-bond donors (Lipinski definition) is 1. The molecule has 2 heterocycles. The van der Waals surface area contributed by atoms with Gasteiger partial charge in [0.1, 0.15) is 0 Å². The average Bonchev–Trinajstić information content (AvgIpc) is 2.45. The Morgan fingerprint density at radius 1 is 0.895 bits per heavy atom. The number of rotatable bonds is 4. The lowest BCUT2D eigenvalue weighted by molar-refractivity contribution is 0.0204. The van der Waals surface area contributed by atoms with E-state index in [1.807, 2.05) is 0 Å². The molecule has 2 bridgehead atoms. The van der Waals surface area contributed by atoms with Gasteiger partial charge in [0, 0.05) is 18.1 Å². The highest BCUT2D eigenvalue weighted by molar-refractivity contribution is 4.94. The van der Waals surface area contributed by atoms with Crippen LogP contribution in [-0.2, 0) is 0 Å². The minimum Gasteiger partial charge on any atom is -0.317 e. The first-order valence-electron chi connectivity index (χ1n) is 8.80. The number of nitrogens with zero attached hydrogens (tertiary/aromatic N) is 1. The van der Waals surface area contributed by atoms with Gasteiger partial charge in [-0.25, -0.2) is 0 Å². The number of nitrogens with one attached hydrogen (secondary N) is 1. The quantitative estimate of drug-likeness (QED) is 0.835. The Balaban J connectivity index is 1.52. The molecule has 2 saturated heterocycles. The summed E-state index contributed by atoms with van der Waals surface area (Å²) in [5, 5.41) is 3.53. The first kappa shape index (κ1) is 13.9. The average molecular weight is 264 g/mol. The van der Waals surface area contributed by atoms with Crippen LogP contribution in [0.25, 0.3) is 0 Å². The van der Waals surface area contributed by atoms with E-state index < -0.39 is 0 Å². The van der Waals surface area contributed by atoms with Gasteiger partial charge in [-0.05, 0) is 51.6 Å². The lowest BCUT2D eigenvalue weighted by atomic mass is 9.80. The SMILES string of the molecule is CNC1CC2CCCC(C1)N2CCC1CCCCC1. The molecule has 0 aromatic carbocycles. The third-order valence-corrected chi connectivity index (χ3v) is 6.05. The van der Waals surface area contributed by atoms with Crippen molar-refractivity contribution in [3.8, 4) is 0 Å². The molecule has 0 aromatic rings. The van der Waals surface area contributed by atoms with Crippen LogP contribution < -0.4 is 5.32 Å². The van der Waals surface area contributed by atoms with E-state index in [4.69, 9.17) is 0 Å². The Labute approximate surface area is 119 Å². The second-order valence-electron chi connectivity index (χ2n) is 7.23. The summed E-state index contributed by atoms with van der Waals surface area (Å²) in [5.41, 5.74) is 0. The molecule has 0 aromatic heterocycles. The fraction of sp³-hybridized carbons (Fsp3) is 1.00. The summed E-state index contributed by atoms with van der Waals surface area (Å²) in [5.74, 6) is 1.05.